The second-order valence-corrected chi connectivity index (χ2v) is 9.42. The Balaban J connectivity index is 1.55. The zero-order valence-electron chi connectivity index (χ0n) is 13.2. The summed E-state index contributed by atoms with van der Waals surface area (Å²) in [5.41, 5.74) is 0.957. The van der Waals surface area contributed by atoms with Gasteiger partial charge in [-0.2, -0.15) is 4.31 Å². The highest BCUT2D eigenvalue weighted by Gasteiger charge is 2.36. The van der Waals surface area contributed by atoms with Crippen molar-refractivity contribution in [1.29, 1.82) is 0 Å². The van der Waals surface area contributed by atoms with E-state index in [1.54, 1.807) is 11.3 Å². The van der Waals surface area contributed by atoms with Gasteiger partial charge in [-0.15, -0.1) is 11.3 Å². The first kappa shape index (κ1) is 16.0. The van der Waals surface area contributed by atoms with E-state index in [-0.39, 0.29) is 24.2 Å². The second-order valence-electron chi connectivity index (χ2n) is 6.27. The van der Waals surface area contributed by atoms with Crippen molar-refractivity contribution < 1.29 is 13.2 Å². The Morgan fingerprint density at radius 2 is 2.08 bits per heavy atom. The van der Waals surface area contributed by atoms with Crippen LogP contribution in [0.15, 0.2) is 24.3 Å². The summed E-state index contributed by atoms with van der Waals surface area (Å²) < 4.78 is 26.3. The molecule has 0 spiro atoms. The van der Waals surface area contributed by atoms with Crippen LogP contribution in [-0.2, 0) is 14.8 Å². The minimum atomic E-state index is -3.24. The highest BCUT2D eigenvalue weighted by molar-refractivity contribution is 7.89. The molecule has 1 unspecified atom stereocenters. The van der Waals surface area contributed by atoms with Crippen molar-refractivity contribution in [2.24, 2.45) is 0 Å². The summed E-state index contributed by atoms with van der Waals surface area (Å²) in [5, 5.41) is 0.950. The van der Waals surface area contributed by atoms with Gasteiger partial charge in [0, 0.05) is 13.1 Å². The molecule has 1 amide bonds. The summed E-state index contributed by atoms with van der Waals surface area (Å²) >= 11 is 1.62. The fraction of sp³-hybridized carbons (Fsp3) is 0.500. The van der Waals surface area contributed by atoms with Gasteiger partial charge in [0.2, 0.25) is 15.9 Å². The Kier molecular flexibility index (Phi) is 4.06. The molecule has 6 nitrogen and oxygen atoms in total. The number of sulfonamides is 1. The molecule has 0 bridgehead atoms. The zero-order valence-corrected chi connectivity index (χ0v) is 14.9. The SMILES string of the molecule is O=C(CN1CCCS1(=O)=O)N1CCCC1c1nc2ccccc2s1. The lowest BCUT2D eigenvalue weighted by molar-refractivity contribution is -0.132. The summed E-state index contributed by atoms with van der Waals surface area (Å²) in [6, 6.07) is 7.93. The molecule has 1 atom stereocenters. The van der Waals surface area contributed by atoms with Crippen LogP contribution < -0.4 is 0 Å². The third-order valence-electron chi connectivity index (χ3n) is 4.68. The number of hydrogen-bond donors (Lipinski definition) is 0. The number of fused-ring (bicyclic) bond motifs is 1. The van der Waals surface area contributed by atoms with E-state index < -0.39 is 10.0 Å². The Labute approximate surface area is 145 Å². The van der Waals surface area contributed by atoms with Crippen LogP contribution in [0.4, 0.5) is 0 Å². The lowest BCUT2D eigenvalue weighted by Crippen LogP contribution is -2.40. The van der Waals surface area contributed by atoms with E-state index in [9.17, 15) is 13.2 Å². The third-order valence-corrected chi connectivity index (χ3v) is 7.72. The molecule has 1 aromatic carbocycles. The second kappa shape index (κ2) is 6.09. The predicted molar refractivity (Wildman–Crippen MR) is 93.3 cm³/mol. The average molecular weight is 365 g/mol. The molecule has 2 saturated heterocycles. The van der Waals surface area contributed by atoms with Gasteiger partial charge in [-0.1, -0.05) is 12.1 Å². The van der Waals surface area contributed by atoms with Gasteiger partial charge in [-0.25, -0.2) is 13.4 Å². The molecule has 1 aromatic heterocycles. The monoisotopic (exact) mass is 365 g/mol. The van der Waals surface area contributed by atoms with E-state index in [0.29, 0.717) is 19.5 Å². The smallest absolute Gasteiger partial charge is 0.238 e. The van der Waals surface area contributed by atoms with Crippen molar-refractivity contribution >= 4 is 37.5 Å². The van der Waals surface area contributed by atoms with E-state index in [2.05, 4.69) is 4.98 Å². The summed E-state index contributed by atoms with van der Waals surface area (Å²) in [5.74, 6) is 0.0453. The number of benzene rings is 1. The molecule has 128 valence electrons. The van der Waals surface area contributed by atoms with Gasteiger partial charge in [0.15, 0.2) is 0 Å². The molecule has 24 heavy (non-hydrogen) atoms. The largest absolute Gasteiger partial charge is 0.332 e. The highest BCUT2D eigenvalue weighted by atomic mass is 32.2. The van der Waals surface area contributed by atoms with Crippen LogP contribution in [0.3, 0.4) is 0 Å². The number of thiazole rings is 1. The van der Waals surface area contributed by atoms with Crippen molar-refractivity contribution in [3.05, 3.63) is 29.3 Å². The fourth-order valence-electron chi connectivity index (χ4n) is 3.47. The van der Waals surface area contributed by atoms with Crippen molar-refractivity contribution in [1.82, 2.24) is 14.2 Å². The lowest BCUT2D eigenvalue weighted by atomic mass is 10.2. The molecule has 0 saturated carbocycles. The molecule has 2 aliphatic rings. The van der Waals surface area contributed by atoms with Gasteiger partial charge in [0.25, 0.3) is 0 Å². The standard InChI is InChI=1S/C16H19N3O3S2/c20-15(11-18-8-4-10-24(18,21)22)19-9-3-6-13(19)16-17-12-5-1-2-7-14(12)23-16/h1-2,5,7,13H,3-4,6,8-11H2. The zero-order chi connectivity index (χ0) is 16.7. The molecular weight excluding hydrogens is 346 g/mol. The number of hydrogen-bond acceptors (Lipinski definition) is 5. The van der Waals surface area contributed by atoms with Crippen molar-refractivity contribution in [2.75, 3.05) is 25.4 Å². The molecule has 0 N–H and O–H groups in total. The lowest BCUT2D eigenvalue weighted by Gasteiger charge is -2.25. The van der Waals surface area contributed by atoms with E-state index in [4.69, 9.17) is 0 Å². The van der Waals surface area contributed by atoms with Crippen molar-refractivity contribution in [2.45, 2.75) is 25.3 Å². The predicted octanol–water partition coefficient (Wildman–Crippen LogP) is 2.00. The summed E-state index contributed by atoms with van der Waals surface area (Å²) in [7, 11) is -3.24. The van der Waals surface area contributed by atoms with Gasteiger partial charge in [0.05, 0.1) is 28.6 Å². The van der Waals surface area contributed by atoms with Gasteiger partial charge in [0.1, 0.15) is 5.01 Å². The van der Waals surface area contributed by atoms with Crippen LogP contribution in [0.1, 0.15) is 30.3 Å². The Morgan fingerprint density at radius 1 is 1.25 bits per heavy atom. The van der Waals surface area contributed by atoms with Crippen LogP contribution in [0.2, 0.25) is 0 Å². The maximum Gasteiger partial charge on any atom is 0.238 e. The first-order valence-corrected chi connectivity index (χ1v) is 10.6. The van der Waals surface area contributed by atoms with Crippen LogP contribution >= 0.6 is 11.3 Å². The van der Waals surface area contributed by atoms with Crippen LogP contribution in [0, 0.1) is 0 Å². The van der Waals surface area contributed by atoms with E-state index in [1.807, 2.05) is 29.2 Å². The maximum atomic E-state index is 12.7. The number of aromatic nitrogens is 1. The first-order valence-electron chi connectivity index (χ1n) is 8.17. The minimum absolute atomic E-state index is 0.0276. The number of carbonyl (C=O) groups is 1. The molecule has 8 heteroatoms. The number of carbonyl (C=O) groups excluding carboxylic acids is 1. The quantitative estimate of drug-likeness (QED) is 0.834. The summed E-state index contributed by atoms with van der Waals surface area (Å²) in [6.45, 7) is 1.09. The fourth-order valence-corrected chi connectivity index (χ4v) is 6.05. The highest BCUT2D eigenvalue weighted by Crippen LogP contribution is 2.36. The van der Waals surface area contributed by atoms with Gasteiger partial charge < -0.3 is 4.90 Å². The van der Waals surface area contributed by atoms with Crippen molar-refractivity contribution in [3.63, 3.8) is 0 Å². The Bertz CT molecular complexity index is 845. The van der Waals surface area contributed by atoms with Gasteiger partial charge in [-0.3, -0.25) is 4.79 Å². The average Bonchev–Trinajstić information content (AvgIpc) is 3.25. The minimum Gasteiger partial charge on any atom is -0.332 e. The molecule has 0 aliphatic carbocycles. The van der Waals surface area contributed by atoms with Gasteiger partial charge in [-0.05, 0) is 31.4 Å². The van der Waals surface area contributed by atoms with Crippen molar-refractivity contribution in [3.8, 4) is 0 Å². The number of likely N-dealkylation sites (tertiary alicyclic amines) is 1. The van der Waals surface area contributed by atoms with E-state index in [0.717, 1.165) is 28.1 Å². The molecule has 0 radical (unpaired) electrons. The van der Waals surface area contributed by atoms with Crippen LogP contribution in [0.25, 0.3) is 10.2 Å². The topological polar surface area (TPSA) is 70.6 Å². The number of amides is 1. The Morgan fingerprint density at radius 3 is 2.83 bits per heavy atom. The molecule has 2 aliphatic heterocycles. The van der Waals surface area contributed by atoms with Crippen LogP contribution in [-0.4, -0.2) is 53.9 Å². The first-order chi connectivity index (χ1) is 11.5. The van der Waals surface area contributed by atoms with Crippen LogP contribution in [0.5, 0.6) is 0 Å². The number of para-hydroxylation sites is 1. The molecular formula is C16H19N3O3S2. The molecule has 2 aromatic rings. The maximum absolute atomic E-state index is 12.7. The number of nitrogens with zero attached hydrogens (tertiary/aromatic N) is 3. The summed E-state index contributed by atoms with van der Waals surface area (Å²) in [4.78, 5) is 19.2. The Hall–Kier alpha value is -1.51. The van der Waals surface area contributed by atoms with E-state index >= 15 is 0 Å². The normalized spacial score (nSPS) is 24.0. The molecule has 2 fully saturated rings. The summed E-state index contributed by atoms with van der Waals surface area (Å²) in [6.07, 6.45) is 2.42. The molecule has 4 rings (SSSR count). The van der Waals surface area contributed by atoms with E-state index in [1.165, 1.54) is 4.31 Å². The third kappa shape index (κ3) is 2.82. The molecule has 3 heterocycles. The number of rotatable bonds is 3. The van der Waals surface area contributed by atoms with Gasteiger partial charge >= 0.3 is 0 Å².